The Morgan fingerprint density at radius 1 is 1.07 bits per heavy atom. The van der Waals surface area contributed by atoms with Gasteiger partial charge in [0.05, 0.1) is 6.10 Å². The number of hydrogen-bond acceptors (Lipinski definition) is 4. The lowest BCUT2D eigenvalue weighted by Crippen LogP contribution is -2.54. The van der Waals surface area contributed by atoms with Crippen molar-refractivity contribution in [3.05, 3.63) is 11.8 Å². The Morgan fingerprint density at radius 2 is 1.81 bits per heavy atom. The molecule has 0 amide bonds. The fourth-order valence-corrected chi connectivity index (χ4v) is 7.61. The quantitative estimate of drug-likeness (QED) is 0.400. The number of fused-ring (bicyclic) bond motifs is 5. The second kappa shape index (κ2) is 6.72. The summed E-state index contributed by atoms with van der Waals surface area (Å²) in [6.07, 6.45) is 10.6. The third kappa shape index (κ3) is 2.90. The molecule has 0 aromatic carbocycles. The van der Waals surface area contributed by atoms with Crippen molar-refractivity contribution < 1.29 is 19.1 Å². The predicted molar refractivity (Wildman–Crippen MR) is 103 cm³/mol. The van der Waals surface area contributed by atoms with E-state index in [2.05, 4.69) is 13.8 Å². The van der Waals surface area contributed by atoms with Gasteiger partial charge in [0.2, 0.25) is 0 Å². The summed E-state index contributed by atoms with van der Waals surface area (Å²) in [5.74, 6) is 2.46. The Bertz CT molecular complexity index is 667. The van der Waals surface area contributed by atoms with Crippen molar-refractivity contribution in [2.45, 2.75) is 78.2 Å². The number of methoxy groups -OCH3 is 1. The molecule has 4 rings (SSSR count). The summed E-state index contributed by atoms with van der Waals surface area (Å²) in [5, 5.41) is 0. The van der Waals surface area contributed by atoms with Crippen molar-refractivity contribution in [1.82, 2.24) is 0 Å². The molecule has 27 heavy (non-hydrogen) atoms. The minimum atomic E-state index is -0.353. The van der Waals surface area contributed by atoms with Crippen molar-refractivity contribution >= 4 is 11.8 Å². The summed E-state index contributed by atoms with van der Waals surface area (Å²) < 4.78 is 11.0. The number of Topliss-reactive ketones (excluding diaryl/α,β-unsaturated/α-hetero) is 1. The first-order valence-corrected chi connectivity index (χ1v) is 10.7. The van der Waals surface area contributed by atoms with Gasteiger partial charge in [-0.25, -0.2) is 0 Å². The molecular weight excluding hydrogens is 340 g/mol. The molecule has 0 spiro atoms. The zero-order chi connectivity index (χ0) is 19.4. The van der Waals surface area contributed by atoms with Gasteiger partial charge in [-0.3, -0.25) is 9.59 Å². The van der Waals surface area contributed by atoms with Gasteiger partial charge in [-0.2, -0.15) is 0 Å². The number of ketones is 1. The Balaban J connectivity index is 1.61. The second-order valence-corrected chi connectivity index (χ2v) is 10.1. The standard InChI is InChI=1S/C23H34O4/c1-14(24)27-13-15-12-23(3)16(11-20(15)25)5-6-17-18-7-8-21(26-4)22(18,2)10-9-19(17)23/h13,16-19,21H,5-12H2,1-4H3/b15-13+/t16-,17-,18-,19-,21-,22-,23-/m0/s1. The van der Waals surface area contributed by atoms with E-state index in [4.69, 9.17) is 9.47 Å². The molecule has 4 aliphatic rings. The summed E-state index contributed by atoms with van der Waals surface area (Å²) in [6, 6.07) is 0. The summed E-state index contributed by atoms with van der Waals surface area (Å²) in [6.45, 7) is 6.26. The van der Waals surface area contributed by atoms with Crippen molar-refractivity contribution in [3.63, 3.8) is 0 Å². The monoisotopic (exact) mass is 374 g/mol. The minimum Gasteiger partial charge on any atom is -0.434 e. The Labute approximate surface area is 163 Å². The molecule has 0 N–H and O–H groups in total. The van der Waals surface area contributed by atoms with Gasteiger partial charge in [-0.15, -0.1) is 0 Å². The first kappa shape index (κ1) is 19.2. The third-order valence-electron chi connectivity index (χ3n) is 8.99. The molecule has 150 valence electrons. The summed E-state index contributed by atoms with van der Waals surface area (Å²) in [5.41, 5.74) is 1.19. The number of carbonyl (C=O) groups is 2. The smallest absolute Gasteiger partial charge is 0.307 e. The molecule has 0 saturated heterocycles. The van der Waals surface area contributed by atoms with Crippen LogP contribution in [0.3, 0.4) is 0 Å². The molecule has 4 fully saturated rings. The van der Waals surface area contributed by atoms with E-state index in [1.165, 1.54) is 45.3 Å². The highest BCUT2D eigenvalue weighted by molar-refractivity contribution is 5.96. The lowest BCUT2D eigenvalue weighted by Gasteiger charge is -2.60. The molecule has 4 heteroatoms. The lowest BCUT2D eigenvalue weighted by atomic mass is 9.45. The highest BCUT2D eigenvalue weighted by atomic mass is 16.5. The van der Waals surface area contributed by atoms with E-state index in [1.807, 2.05) is 7.11 Å². The zero-order valence-electron chi connectivity index (χ0n) is 17.3. The number of ether oxygens (including phenoxy) is 2. The number of allylic oxidation sites excluding steroid dienone is 1. The molecule has 0 aromatic heterocycles. The van der Waals surface area contributed by atoms with Gasteiger partial charge in [0, 0.05) is 26.0 Å². The van der Waals surface area contributed by atoms with Crippen LogP contribution in [0.4, 0.5) is 0 Å². The van der Waals surface area contributed by atoms with Crippen LogP contribution in [0.25, 0.3) is 0 Å². The Morgan fingerprint density at radius 3 is 2.52 bits per heavy atom. The van der Waals surface area contributed by atoms with Crippen molar-refractivity contribution in [1.29, 1.82) is 0 Å². The van der Waals surface area contributed by atoms with Crippen LogP contribution in [0.15, 0.2) is 11.8 Å². The van der Waals surface area contributed by atoms with E-state index in [1.54, 1.807) is 0 Å². The maximum atomic E-state index is 12.6. The molecule has 0 bridgehead atoms. The molecule has 7 atom stereocenters. The predicted octanol–water partition coefficient (Wildman–Crippen LogP) is 4.67. The van der Waals surface area contributed by atoms with E-state index in [0.717, 1.165) is 30.3 Å². The topological polar surface area (TPSA) is 52.6 Å². The number of esters is 1. The maximum absolute atomic E-state index is 12.6. The normalized spacial score (nSPS) is 47.9. The van der Waals surface area contributed by atoms with Crippen LogP contribution < -0.4 is 0 Å². The van der Waals surface area contributed by atoms with Crippen LogP contribution in [0.2, 0.25) is 0 Å². The average Bonchev–Trinajstić information content (AvgIpc) is 2.96. The Kier molecular flexibility index (Phi) is 4.77. The SMILES string of the molecule is CO[C@H]1CC[C@H]2[C@@H]3CC[C@H]4CC(=O)/C(=C/OC(C)=O)C[C@]4(C)[C@H]3CC[C@]12C. The largest absolute Gasteiger partial charge is 0.434 e. The fourth-order valence-electron chi connectivity index (χ4n) is 7.61. The fraction of sp³-hybridized carbons (Fsp3) is 0.826. The van der Waals surface area contributed by atoms with Gasteiger partial charge in [-0.05, 0) is 79.4 Å². The van der Waals surface area contributed by atoms with E-state index in [9.17, 15) is 9.59 Å². The summed E-state index contributed by atoms with van der Waals surface area (Å²) in [7, 11) is 1.88. The number of carbonyl (C=O) groups excluding carboxylic acids is 2. The van der Waals surface area contributed by atoms with Gasteiger partial charge < -0.3 is 9.47 Å². The molecule has 0 aliphatic heterocycles. The highest BCUT2D eigenvalue weighted by Gasteiger charge is 2.60. The zero-order valence-corrected chi connectivity index (χ0v) is 17.3. The van der Waals surface area contributed by atoms with Gasteiger partial charge in [-0.1, -0.05) is 13.8 Å². The first-order valence-electron chi connectivity index (χ1n) is 10.7. The van der Waals surface area contributed by atoms with Crippen molar-refractivity contribution in [2.24, 2.45) is 34.5 Å². The van der Waals surface area contributed by atoms with Crippen LogP contribution >= 0.6 is 0 Å². The molecule has 0 aromatic rings. The van der Waals surface area contributed by atoms with Crippen LogP contribution in [-0.4, -0.2) is 25.0 Å². The van der Waals surface area contributed by atoms with Crippen LogP contribution in [0.1, 0.15) is 72.1 Å². The third-order valence-corrected chi connectivity index (χ3v) is 8.99. The van der Waals surface area contributed by atoms with E-state index in [0.29, 0.717) is 29.8 Å². The van der Waals surface area contributed by atoms with Gasteiger partial charge in [0.25, 0.3) is 0 Å². The van der Waals surface area contributed by atoms with E-state index < -0.39 is 0 Å². The Hall–Kier alpha value is -1.16. The van der Waals surface area contributed by atoms with E-state index >= 15 is 0 Å². The number of rotatable bonds is 2. The number of hydrogen-bond donors (Lipinski definition) is 0. The van der Waals surface area contributed by atoms with Crippen LogP contribution in [0, 0.1) is 34.5 Å². The molecule has 4 nitrogen and oxygen atoms in total. The van der Waals surface area contributed by atoms with Gasteiger partial charge in [0.1, 0.15) is 6.26 Å². The van der Waals surface area contributed by atoms with E-state index in [-0.39, 0.29) is 17.2 Å². The van der Waals surface area contributed by atoms with Gasteiger partial charge >= 0.3 is 5.97 Å². The van der Waals surface area contributed by atoms with Crippen molar-refractivity contribution in [3.8, 4) is 0 Å². The van der Waals surface area contributed by atoms with Gasteiger partial charge in [0.15, 0.2) is 5.78 Å². The van der Waals surface area contributed by atoms with Crippen LogP contribution in [0.5, 0.6) is 0 Å². The molecule has 0 radical (unpaired) electrons. The first-order chi connectivity index (χ1) is 12.8. The second-order valence-electron chi connectivity index (χ2n) is 10.1. The molecule has 0 heterocycles. The minimum absolute atomic E-state index is 0.148. The molecule has 0 unspecified atom stereocenters. The van der Waals surface area contributed by atoms with Crippen molar-refractivity contribution in [2.75, 3.05) is 7.11 Å². The summed E-state index contributed by atoms with van der Waals surface area (Å²) in [4.78, 5) is 23.8. The maximum Gasteiger partial charge on any atom is 0.307 e. The highest BCUT2D eigenvalue weighted by Crippen LogP contribution is 2.66. The molecule has 4 aliphatic carbocycles. The average molecular weight is 375 g/mol. The summed E-state index contributed by atoms with van der Waals surface area (Å²) >= 11 is 0. The molecule has 4 saturated carbocycles. The van der Waals surface area contributed by atoms with Crippen LogP contribution in [-0.2, 0) is 19.1 Å². The molecular formula is C23H34O4. The lowest BCUT2D eigenvalue weighted by molar-refractivity contribution is -0.138.